The lowest BCUT2D eigenvalue weighted by atomic mass is 10.1. The van der Waals surface area contributed by atoms with Gasteiger partial charge in [0.05, 0.1) is 4.47 Å². The van der Waals surface area contributed by atoms with Gasteiger partial charge in [0.1, 0.15) is 0 Å². The summed E-state index contributed by atoms with van der Waals surface area (Å²) in [5.41, 5.74) is 2.94. The number of carbonyl (C=O) groups is 2. The lowest BCUT2D eigenvalue weighted by molar-refractivity contribution is 0.0722. The van der Waals surface area contributed by atoms with Crippen molar-refractivity contribution >= 4 is 27.7 Å². The van der Waals surface area contributed by atoms with E-state index in [1.807, 2.05) is 36.1 Å². The maximum Gasteiger partial charge on any atom is 0.276 e. The van der Waals surface area contributed by atoms with Crippen LogP contribution in [0, 0.1) is 6.92 Å². The highest BCUT2D eigenvalue weighted by Crippen LogP contribution is 2.31. The van der Waals surface area contributed by atoms with Crippen molar-refractivity contribution in [2.24, 2.45) is 0 Å². The molecule has 1 heterocycles. The van der Waals surface area contributed by atoms with Gasteiger partial charge in [0, 0.05) is 29.9 Å². The average molecular weight is 417 g/mol. The van der Waals surface area contributed by atoms with Gasteiger partial charge in [-0.25, -0.2) is 0 Å². The second kappa shape index (κ2) is 6.87. The fourth-order valence-electron chi connectivity index (χ4n) is 2.90. The van der Waals surface area contributed by atoms with Gasteiger partial charge < -0.3 is 10.2 Å². The smallest absolute Gasteiger partial charge is 0.276 e. The van der Waals surface area contributed by atoms with E-state index in [0.29, 0.717) is 23.8 Å². The summed E-state index contributed by atoms with van der Waals surface area (Å²) in [6.07, 6.45) is 4.19. The number of nitrogens with zero attached hydrogens (tertiary/aromatic N) is 2. The third kappa shape index (κ3) is 3.67. The van der Waals surface area contributed by atoms with Crippen molar-refractivity contribution in [1.82, 2.24) is 20.4 Å². The van der Waals surface area contributed by atoms with Gasteiger partial charge >= 0.3 is 0 Å². The summed E-state index contributed by atoms with van der Waals surface area (Å²) in [5.74, 6) is -0.0932. The standard InChI is InChI=1S/C19H21BrN4O2/c1-11-16(20)17(23-22-11)19(26)24(15-8-9-15)10-12-2-4-13(5-3-12)18(25)21-14-6-7-14/h2-5,14-15H,6-10H2,1H3,(H,21,25)(H,22,23). The Hall–Kier alpha value is -2.15. The van der Waals surface area contributed by atoms with Gasteiger partial charge in [-0.1, -0.05) is 12.1 Å². The molecule has 26 heavy (non-hydrogen) atoms. The molecular weight excluding hydrogens is 396 g/mol. The fraction of sp³-hybridized carbons (Fsp3) is 0.421. The Kier molecular flexibility index (Phi) is 4.56. The molecular formula is C19H21BrN4O2. The molecule has 0 aliphatic heterocycles. The summed E-state index contributed by atoms with van der Waals surface area (Å²) in [7, 11) is 0. The molecule has 0 unspecified atom stereocenters. The number of H-pyrrole nitrogens is 1. The second-order valence-electron chi connectivity index (χ2n) is 7.12. The number of halogens is 1. The van der Waals surface area contributed by atoms with Crippen LogP contribution in [0.5, 0.6) is 0 Å². The monoisotopic (exact) mass is 416 g/mol. The first-order valence-corrected chi connectivity index (χ1v) is 9.73. The topological polar surface area (TPSA) is 78.1 Å². The van der Waals surface area contributed by atoms with Crippen LogP contribution in [0.25, 0.3) is 0 Å². The summed E-state index contributed by atoms with van der Waals surface area (Å²) in [6, 6.07) is 8.13. The molecule has 2 aromatic rings. The number of benzene rings is 1. The van der Waals surface area contributed by atoms with Crippen LogP contribution in [0.3, 0.4) is 0 Å². The Morgan fingerprint density at radius 3 is 2.46 bits per heavy atom. The van der Waals surface area contributed by atoms with E-state index in [-0.39, 0.29) is 17.9 Å². The van der Waals surface area contributed by atoms with Gasteiger partial charge in [0.15, 0.2) is 5.69 Å². The number of aryl methyl sites for hydroxylation is 1. The highest BCUT2D eigenvalue weighted by Gasteiger charge is 2.35. The number of rotatable bonds is 6. The van der Waals surface area contributed by atoms with E-state index >= 15 is 0 Å². The van der Waals surface area contributed by atoms with Crippen molar-refractivity contribution in [3.05, 3.63) is 51.3 Å². The number of hydrogen-bond acceptors (Lipinski definition) is 3. The summed E-state index contributed by atoms with van der Waals surface area (Å²) >= 11 is 3.44. The van der Waals surface area contributed by atoms with E-state index in [1.165, 1.54) is 0 Å². The van der Waals surface area contributed by atoms with Crippen molar-refractivity contribution in [2.45, 2.75) is 51.2 Å². The molecule has 136 valence electrons. The Balaban J connectivity index is 1.47. The Morgan fingerprint density at radius 1 is 1.23 bits per heavy atom. The number of hydrogen-bond donors (Lipinski definition) is 2. The molecule has 2 amide bonds. The van der Waals surface area contributed by atoms with Crippen LogP contribution in [0.1, 0.15) is 57.8 Å². The van der Waals surface area contributed by atoms with E-state index in [2.05, 4.69) is 31.4 Å². The minimum atomic E-state index is -0.0701. The van der Waals surface area contributed by atoms with Crippen molar-refractivity contribution in [2.75, 3.05) is 0 Å². The van der Waals surface area contributed by atoms with Gasteiger partial charge in [0.2, 0.25) is 0 Å². The molecule has 2 aliphatic carbocycles. The number of nitrogens with one attached hydrogen (secondary N) is 2. The summed E-state index contributed by atoms with van der Waals surface area (Å²) < 4.78 is 0.722. The molecule has 6 nitrogen and oxygen atoms in total. The van der Waals surface area contributed by atoms with Gasteiger partial charge in [-0.05, 0) is 66.2 Å². The third-order valence-electron chi connectivity index (χ3n) is 4.81. The lowest BCUT2D eigenvalue weighted by Gasteiger charge is -2.22. The molecule has 0 saturated heterocycles. The first-order chi connectivity index (χ1) is 12.5. The maximum absolute atomic E-state index is 12.9. The normalized spacial score (nSPS) is 16.4. The predicted molar refractivity (Wildman–Crippen MR) is 101 cm³/mol. The van der Waals surface area contributed by atoms with Crippen LogP contribution in [-0.2, 0) is 6.54 Å². The van der Waals surface area contributed by atoms with Crippen LogP contribution in [0.15, 0.2) is 28.7 Å². The molecule has 0 bridgehead atoms. The Labute approximate surface area is 160 Å². The van der Waals surface area contributed by atoms with Crippen molar-refractivity contribution in [3.8, 4) is 0 Å². The lowest BCUT2D eigenvalue weighted by Crippen LogP contribution is -2.33. The van der Waals surface area contributed by atoms with Crippen molar-refractivity contribution < 1.29 is 9.59 Å². The van der Waals surface area contributed by atoms with Crippen molar-refractivity contribution in [1.29, 1.82) is 0 Å². The van der Waals surface area contributed by atoms with Crippen molar-refractivity contribution in [3.63, 3.8) is 0 Å². The minimum Gasteiger partial charge on any atom is -0.349 e. The number of aromatic nitrogens is 2. The maximum atomic E-state index is 12.9. The summed E-state index contributed by atoms with van der Waals surface area (Å²) in [6.45, 7) is 2.40. The Morgan fingerprint density at radius 2 is 1.92 bits per heavy atom. The average Bonchev–Trinajstić information content (AvgIpc) is 3.55. The van der Waals surface area contributed by atoms with E-state index in [0.717, 1.165) is 41.4 Å². The third-order valence-corrected chi connectivity index (χ3v) is 5.78. The van der Waals surface area contributed by atoms with E-state index < -0.39 is 0 Å². The molecule has 0 spiro atoms. The van der Waals surface area contributed by atoms with E-state index in [4.69, 9.17) is 0 Å². The van der Waals surface area contributed by atoms with Crippen LogP contribution >= 0.6 is 15.9 Å². The van der Waals surface area contributed by atoms with Crippen LogP contribution in [0.4, 0.5) is 0 Å². The largest absolute Gasteiger partial charge is 0.349 e. The molecule has 1 aromatic carbocycles. The molecule has 2 aliphatic rings. The van der Waals surface area contributed by atoms with E-state index in [9.17, 15) is 9.59 Å². The van der Waals surface area contributed by atoms with Gasteiger partial charge in [0.25, 0.3) is 11.8 Å². The summed E-state index contributed by atoms with van der Waals surface area (Å²) in [4.78, 5) is 26.9. The zero-order chi connectivity index (χ0) is 18.3. The molecule has 0 atom stereocenters. The molecule has 7 heteroatoms. The molecule has 2 saturated carbocycles. The van der Waals surface area contributed by atoms with Gasteiger partial charge in [-0.3, -0.25) is 14.7 Å². The quantitative estimate of drug-likeness (QED) is 0.758. The summed E-state index contributed by atoms with van der Waals surface area (Å²) in [5, 5.41) is 9.98. The van der Waals surface area contributed by atoms with E-state index in [1.54, 1.807) is 0 Å². The zero-order valence-corrected chi connectivity index (χ0v) is 16.2. The second-order valence-corrected chi connectivity index (χ2v) is 7.91. The van der Waals surface area contributed by atoms with Crippen LogP contribution < -0.4 is 5.32 Å². The van der Waals surface area contributed by atoms with Gasteiger partial charge in [-0.15, -0.1) is 0 Å². The number of carbonyl (C=O) groups excluding carboxylic acids is 2. The highest BCUT2D eigenvalue weighted by molar-refractivity contribution is 9.10. The molecule has 2 fully saturated rings. The van der Waals surface area contributed by atoms with Crippen LogP contribution in [0.2, 0.25) is 0 Å². The van der Waals surface area contributed by atoms with Crippen LogP contribution in [-0.4, -0.2) is 39.0 Å². The SMILES string of the molecule is Cc1[nH]nc(C(=O)N(Cc2ccc(C(=O)NC3CC3)cc2)C2CC2)c1Br. The molecule has 0 radical (unpaired) electrons. The number of amides is 2. The molecule has 4 rings (SSSR count). The van der Waals surface area contributed by atoms with Gasteiger partial charge in [-0.2, -0.15) is 5.10 Å². The minimum absolute atomic E-state index is 0.0231. The fourth-order valence-corrected chi connectivity index (χ4v) is 3.25. The predicted octanol–water partition coefficient (Wildman–Crippen LogP) is 3.18. The molecule has 2 N–H and O–H groups in total. The molecule has 1 aromatic heterocycles. The highest BCUT2D eigenvalue weighted by atomic mass is 79.9. The first-order valence-electron chi connectivity index (χ1n) is 8.94. The number of aromatic amines is 1. The zero-order valence-electron chi connectivity index (χ0n) is 14.6. The first kappa shape index (κ1) is 17.3. The Bertz CT molecular complexity index is 838.